The van der Waals surface area contributed by atoms with Gasteiger partial charge in [-0.3, -0.25) is 9.59 Å². The third-order valence-electron chi connectivity index (χ3n) is 4.17. The first-order valence-corrected chi connectivity index (χ1v) is 8.53. The number of rotatable bonds is 6. The lowest BCUT2D eigenvalue weighted by Gasteiger charge is -2.20. The molecule has 0 spiro atoms. The summed E-state index contributed by atoms with van der Waals surface area (Å²) < 4.78 is 7.00. The lowest BCUT2D eigenvalue weighted by atomic mass is 10.3. The van der Waals surface area contributed by atoms with Crippen molar-refractivity contribution in [2.24, 2.45) is 0 Å². The van der Waals surface area contributed by atoms with E-state index in [1.165, 1.54) is 0 Å². The molecule has 0 radical (unpaired) electrons. The summed E-state index contributed by atoms with van der Waals surface area (Å²) in [6.45, 7) is 3.97. The van der Waals surface area contributed by atoms with E-state index in [9.17, 15) is 9.59 Å². The van der Waals surface area contributed by atoms with Crippen molar-refractivity contribution in [2.75, 3.05) is 18.1 Å². The maximum atomic E-state index is 12.4. The topological polar surface area (TPSA) is 64.4 Å². The third-order valence-corrected chi connectivity index (χ3v) is 4.17. The molecule has 0 aliphatic heterocycles. The fraction of sp³-hybridized carbons (Fsp3) is 0.250. The van der Waals surface area contributed by atoms with Crippen molar-refractivity contribution >= 4 is 28.6 Å². The predicted molar refractivity (Wildman–Crippen MR) is 99.9 cm³/mol. The molecule has 1 amide bonds. The number of nitrogens with zero attached hydrogens (tertiary/aromatic N) is 3. The van der Waals surface area contributed by atoms with Gasteiger partial charge in [0.15, 0.2) is 6.61 Å². The number of carbonyl (C=O) groups is 2. The third kappa shape index (κ3) is 3.74. The fourth-order valence-electron chi connectivity index (χ4n) is 2.90. The zero-order valence-electron chi connectivity index (χ0n) is 14.9. The molecule has 134 valence electrons. The van der Waals surface area contributed by atoms with Crippen molar-refractivity contribution in [1.29, 1.82) is 0 Å². The number of ether oxygens (including phenoxy) is 1. The van der Waals surface area contributed by atoms with Crippen LogP contribution in [0.25, 0.3) is 11.0 Å². The Balaban J connectivity index is 1.63. The number of fused-ring (bicyclic) bond motifs is 1. The summed E-state index contributed by atoms with van der Waals surface area (Å²) in [5.41, 5.74) is 2.48. The number of hydrogen-bond acceptors (Lipinski definition) is 4. The number of amides is 1. The van der Waals surface area contributed by atoms with Crippen molar-refractivity contribution in [1.82, 2.24) is 9.55 Å². The number of carbonyl (C=O) groups excluding carboxylic acids is 2. The molecule has 0 saturated heterocycles. The first-order valence-electron chi connectivity index (χ1n) is 8.53. The maximum absolute atomic E-state index is 12.4. The molecule has 0 bridgehead atoms. The number of benzene rings is 2. The average molecular weight is 351 g/mol. The molecule has 0 aliphatic carbocycles. The largest absolute Gasteiger partial charge is 0.454 e. The van der Waals surface area contributed by atoms with Crippen LogP contribution in [0.5, 0.6) is 0 Å². The second-order valence-electron chi connectivity index (χ2n) is 5.87. The number of hydrogen-bond donors (Lipinski definition) is 0. The summed E-state index contributed by atoms with van der Waals surface area (Å²) in [6, 6.07) is 16.9. The van der Waals surface area contributed by atoms with E-state index in [2.05, 4.69) is 4.98 Å². The highest BCUT2D eigenvalue weighted by Gasteiger charge is 2.17. The van der Waals surface area contributed by atoms with E-state index < -0.39 is 5.97 Å². The van der Waals surface area contributed by atoms with E-state index in [1.54, 1.807) is 9.47 Å². The number of para-hydroxylation sites is 3. The van der Waals surface area contributed by atoms with Gasteiger partial charge in [0.05, 0.1) is 11.0 Å². The molecule has 0 saturated carbocycles. The number of imidazole rings is 1. The quantitative estimate of drug-likeness (QED) is 0.641. The van der Waals surface area contributed by atoms with Crippen molar-refractivity contribution in [3.05, 3.63) is 60.4 Å². The Morgan fingerprint density at radius 1 is 1.08 bits per heavy atom. The molecule has 6 nitrogen and oxygen atoms in total. The van der Waals surface area contributed by atoms with Crippen molar-refractivity contribution in [2.45, 2.75) is 20.4 Å². The summed E-state index contributed by atoms with van der Waals surface area (Å²) in [4.78, 5) is 30.6. The number of anilines is 1. The molecule has 3 aromatic rings. The Hall–Kier alpha value is -3.15. The summed E-state index contributed by atoms with van der Waals surface area (Å²) >= 11 is 0. The zero-order valence-corrected chi connectivity index (χ0v) is 14.9. The number of esters is 1. The highest BCUT2D eigenvalue weighted by Crippen LogP contribution is 2.16. The van der Waals surface area contributed by atoms with Crippen LogP contribution in [0.15, 0.2) is 54.6 Å². The Labute approximate surface area is 152 Å². The molecular formula is C20H21N3O3. The SMILES string of the molecule is CCN(C(=O)COC(=O)Cn1c(C)nc2ccccc21)c1ccccc1. The molecule has 0 atom stereocenters. The van der Waals surface area contributed by atoms with Gasteiger partial charge in [-0.1, -0.05) is 30.3 Å². The number of aromatic nitrogens is 2. The molecule has 26 heavy (non-hydrogen) atoms. The smallest absolute Gasteiger partial charge is 0.326 e. The monoisotopic (exact) mass is 351 g/mol. The highest BCUT2D eigenvalue weighted by atomic mass is 16.5. The van der Waals surface area contributed by atoms with Gasteiger partial charge in [0.1, 0.15) is 12.4 Å². The molecule has 1 heterocycles. The Morgan fingerprint density at radius 2 is 1.77 bits per heavy atom. The van der Waals surface area contributed by atoms with Crippen LogP contribution in [-0.2, 0) is 20.9 Å². The Kier molecular flexibility index (Phi) is 5.31. The molecule has 1 aromatic heterocycles. The van der Waals surface area contributed by atoms with Gasteiger partial charge < -0.3 is 14.2 Å². The van der Waals surface area contributed by atoms with Crippen LogP contribution in [0, 0.1) is 6.92 Å². The molecule has 2 aromatic carbocycles. The summed E-state index contributed by atoms with van der Waals surface area (Å²) in [6.07, 6.45) is 0. The minimum atomic E-state index is -0.464. The van der Waals surface area contributed by atoms with Gasteiger partial charge in [-0.25, -0.2) is 4.98 Å². The normalized spacial score (nSPS) is 10.7. The molecule has 6 heteroatoms. The van der Waals surface area contributed by atoms with Crippen molar-refractivity contribution in [3.63, 3.8) is 0 Å². The fourth-order valence-corrected chi connectivity index (χ4v) is 2.90. The average Bonchev–Trinajstić information content (AvgIpc) is 2.97. The molecule has 3 rings (SSSR count). The summed E-state index contributed by atoms with van der Waals surface area (Å²) in [5, 5.41) is 0. The Morgan fingerprint density at radius 3 is 2.50 bits per heavy atom. The van der Waals surface area contributed by atoms with Crippen LogP contribution >= 0.6 is 0 Å². The Bertz CT molecular complexity index is 918. The maximum Gasteiger partial charge on any atom is 0.326 e. The van der Waals surface area contributed by atoms with E-state index >= 15 is 0 Å². The van der Waals surface area contributed by atoms with Gasteiger partial charge in [0.2, 0.25) is 0 Å². The first kappa shape index (κ1) is 17.7. The molecular weight excluding hydrogens is 330 g/mol. The summed E-state index contributed by atoms with van der Waals surface area (Å²) in [5.74, 6) is 0.0157. The minimum absolute atomic E-state index is 0.0249. The van der Waals surface area contributed by atoms with Crippen molar-refractivity contribution in [3.8, 4) is 0 Å². The summed E-state index contributed by atoms with van der Waals surface area (Å²) in [7, 11) is 0. The van der Waals surface area contributed by atoms with Crippen LogP contribution < -0.4 is 4.90 Å². The lowest BCUT2D eigenvalue weighted by Crippen LogP contribution is -2.34. The van der Waals surface area contributed by atoms with E-state index in [-0.39, 0.29) is 19.1 Å². The van der Waals surface area contributed by atoms with Gasteiger partial charge >= 0.3 is 5.97 Å². The van der Waals surface area contributed by atoms with Gasteiger partial charge in [-0.2, -0.15) is 0 Å². The van der Waals surface area contributed by atoms with Gasteiger partial charge in [-0.05, 0) is 38.1 Å². The predicted octanol–water partition coefficient (Wildman–Crippen LogP) is 2.94. The van der Waals surface area contributed by atoms with E-state index in [4.69, 9.17) is 4.74 Å². The van der Waals surface area contributed by atoms with Crippen LogP contribution in [-0.4, -0.2) is 34.6 Å². The second kappa shape index (κ2) is 7.82. The second-order valence-corrected chi connectivity index (χ2v) is 5.87. The van der Waals surface area contributed by atoms with Crippen LogP contribution in [0.2, 0.25) is 0 Å². The van der Waals surface area contributed by atoms with E-state index in [1.807, 2.05) is 68.4 Å². The van der Waals surface area contributed by atoms with Crippen LogP contribution in [0.1, 0.15) is 12.7 Å². The lowest BCUT2D eigenvalue weighted by molar-refractivity contribution is -0.148. The van der Waals surface area contributed by atoms with E-state index in [0.29, 0.717) is 6.54 Å². The van der Waals surface area contributed by atoms with Crippen LogP contribution in [0.3, 0.4) is 0 Å². The molecule has 0 aliphatic rings. The molecule has 0 N–H and O–H groups in total. The van der Waals surface area contributed by atoms with Gasteiger partial charge in [0.25, 0.3) is 5.91 Å². The standard InChI is InChI=1S/C20H21N3O3/c1-3-22(16-9-5-4-6-10-16)19(24)14-26-20(25)13-23-15(2)21-17-11-7-8-12-18(17)23/h4-12H,3,13-14H2,1-2H3. The van der Waals surface area contributed by atoms with Gasteiger partial charge in [0, 0.05) is 12.2 Å². The molecule has 0 unspecified atom stereocenters. The molecule has 0 fully saturated rings. The zero-order chi connectivity index (χ0) is 18.5. The number of likely N-dealkylation sites (N-methyl/N-ethyl adjacent to an activating group) is 1. The first-order chi connectivity index (χ1) is 12.6. The van der Waals surface area contributed by atoms with Crippen molar-refractivity contribution < 1.29 is 14.3 Å². The highest BCUT2D eigenvalue weighted by molar-refractivity contribution is 5.95. The number of aryl methyl sites for hydroxylation is 1. The minimum Gasteiger partial charge on any atom is -0.454 e. The van der Waals surface area contributed by atoms with Gasteiger partial charge in [-0.15, -0.1) is 0 Å². The van der Waals surface area contributed by atoms with E-state index in [0.717, 1.165) is 22.5 Å². The van der Waals surface area contributed by atoms with Crippen LogP contribution in [0.4, 0.5) is 5.69 Å².